The van der Waals surface area contributed by atoms with Crippen LogP contribution in [0.15, 0.2) is 18.3 Å². The van der Waals surface area contributed by atoms with Gasteiger partial charge in [-0.3, -0.25) is 9.59 Å². The van der Waals surface area contributed by atoms with Crippen LogP contribution >= 0.6 is 0 Å². The molecule has 1 N–H and O–H groups in total. The largest absolute Gasteiger partial charge is 0.471 e. The monoisotopic (exact) mass is 304 g/mol. The van der Waals surface area contributed by atoms with Crippen LogP contribution in [0.25, 0.3) is 0 Å². The van der Waals surface area contributed by atoms with Crippen LogP contribution in [-0.4, -0.2) is 52.6 Å². The number of amides is 2. The third-order valence-electron chi connectivity index (χ3n) is 4.14. The van der Waals surface area contributed by atoms with Crippen molar-refractivity contribution in [2.45, 2.75) is 31.8 Å². The Morgan fingerprint density at radius 2 is 2.32 bits per heavy atom. The molecular formula is C15H20N4O3. The van der Waals surface area contributed by atoms with Gasteiger partial charge in [0.05, 0.1) is 12.5 Å². The summed E-state index contributed by atoms with van der Waals surface area (Å²) in [5, 5.41) is 10.5. The highest BCUT2D eigenvalue weighted by molar-refractivity contribution is 5.83. The molecular weight excluding hydrogens is 284 g/mol. The number of hydrogen-bond donors (Lipinski definition) is 1. The number of carbonyl (C=O) groups is 2. The smallest absolute Gasteiger partial charge is 0.233 e. The maximum absolute atomic E-state index is 12.5. The summed E-state index contributed by atoms with van der Waals surface area (Å²) in [6, 6.07) is 3.54. The van der Waals surface area contributed by atoms with E-state index in [9.17, 15) is 9.59 Å². The minimum Gasteiger partial charge on any atom is -0.471 e. The Labute approximate surface area is 129 Å². The molecule has 2 aliphatic heterocycles. The molecule has 0 aliphatic carbocycles. The third-order valence-corrected chi connectivity index (χ3v) is 4.14. The molecule has 3 rings (SSSR count). The first-order chi connectivity index (χ1) is 10.7. The fourth-order valence-corrected chi connectivity index (χ4v) is 2.96. The number of ether oxygens (including phenoxy) is 1. The minimum absolute atomic E-state index is 0.0338. The predicted molar refractivity (Wildman–Crippen MR) is 78.0 cm³/mol. The van der Waals surface area contributed by atoms with E-state index in [1.54, 1.807) is 18.3 Å². The van der Waals surface area contributed by atoms with Gasteiger partial charge in [-0.05, 0) is 25.3 Å². The van der Waals surface area contributed by atoms with Gasteiger partial charge in [0.2, 0.25) is 17.7 Å². The lowest BCUT2D eigenvalue weighted by atomic mass is 9.96. The van der Waals surface area contributed by atoms with Crippen LogP contribution in [0.2, 0.25) is 0 Å². The third kappa shape index (κ3) is 3.52. The second-order valence-corrected chi connectivity index (χ2v) is 5.77. The van der Waals surface area contributed by atoms with Crippen LogP contribution in [-0.2, 0) is 9.59 Å². The zero-order valence-corrected chi connectivity index (χ0v) is 12.4. The Hall–Kier alpha value is -2.18. The molecule has 0 bridgehead atoms. The second-order valence-electron chi connectivity index (χ2n) is 5.77. The van der Waals surface area contributed by atoms with Crippen molar-refractivity contribution in [3.05, 3.63) is 18.3 Å². The summed E-state index contributed by atoms with van der Waals surface area (Å²) in [7, 11) is 0. The van der Waals surface area contributed by atoms with E-state index in [1.807, 2.05) is 4.90 Å². The van der Waals surface area contributed by atoms with E-state index in [2.05, 4.69) is 15.5 Å². The van der Waals surface area contributed by atoms with Crippen molar-refractivity contribution >= 4 is 11.8 Å². The molecule has 7 heteroatoms. The molecule has 7 nitrogen and oxygen atoms in total. The Morgan fingerprint density at radius 1 is 1.41 bits per heavy atom. The first-order valence-electron chi connectivity index (χ1n) is 7.72. The number of nitrogens with one attached hydrogen (secondary N) is 1. The molecule has 0 saturated carbocycles. The lowest BCUT2D eigenvalue weighted by Gasteiger charge is -2.35. The zero-order chi connectivity index (χ0) is 15.4. The van der Waals surface area contributed by atoms with Gasteiger partial charge < -0.3 is 15.0 Å². The summed E-state index contributed by atoms with van der Waals surface area (Å²) < 4.78 is 5.80. The number of aromatic nitrogens is 2. The van der Waals surface area contributed by atoms with E-state index in [0.29, 0.717) is 31.8 Å². The van der Waals surface area contributed by atoms with Gasteiger partial charge in [-0.15, -0.1) is 5.10 Å². The van der Waals surface area contributed by atoms with E-state index in [4.69, 9.17) is 4.74 Å². The number of likely N-dealkylation sites (tertiary alicyclic amines) is 1. The Kier molecular flexibility index (Phi) is 4.50. The molecule has 1 aromatic rings. The molecule has 2 fully saturated rings. The van der Waals surface area contributed by atoms with E-state index in [-0.39, 0.29) is 23.8 Å². The van der Waals surface area contributed by atoms with E-state index in [1.165, 1.54) is 0 Å². The van der Waals surface area contributed by atoms with Gasteiger partial charge in [-0.2, -0.15) is 5.10 Å². The quantitative estimate of drug-likeness (QED) is 0.872. The number of nitrogens with zero attached hydrogens (tertiary/aromatic N) is 3. The predicted octanol–water partition coefficient (Wildman–Crippen LogP) is 0.373. The Morgan fingerprint density at radius 3 is 3.05 bits per heavy atom. The lowest BCUT2D eigenvalue weighted by molar-refractivity contribution is -0.140. The molecule has 1 aromatic heterocycles. The fraction of sp³-hybridized carbons (Fsp3) is 0.600. The summed E-state index contributed by atoms with van der Waals surface area (Å²) in [6.07, 6.45) is 4.44. The van der Waals surface area contributed by atoms with Crippen molar-refractivity contribution in [2.75, 3.05) is 19.6 Å². The van der Waals surface area contributed by atoms with Gasteiger partial charge in [-0.25, -0.2) is 0 Å². The molecule has 3 heterocycles. The zero-order valence-electron chi connectivity index (χ0n) is 12.4. The number of carbonyl (C=O) groups excluding carboxylic acids is 2. The topological polar surface area (TPSA) is 84.4 Å². The van der Waals surface area contributed by atoms with Gasteiger partial charge in [-0.1, -0.05) is 0 Å². The standard InChI is InChI=1S/C15H20N4O3/c20-13-6-5-11(9-16-13)15(21)19-8-2-3-12(10-19)22-14-4-1-7-17-18-14/h1,4,7,11-12H,2-3,5-6,8-10H2,(H,16,20). The summed E-state index contributed by atoms with van der Waals surface area (Å²) in [5.41, 5.74) is 0. The summed E-state index contributed by atoms with van der Waals surface area (Å²) >= 11 is 0. The molecule has 2 amide bonds. The second kappa shape index (κ2) is 6.72. The van der Waals surface area contributed by atoms with Crippen LogP contribution in [0.3, 0.4) is 0 Å². The molecule has 0 aromatic carbocycles. The van der Waals surface area contributed by atoms with Gasteiger partial charge in [0.25, 0.3) is 0 Å². The van der Waals surface area contributed by atoms with E-state index in [0.717, 1.165) is 19.4 Å². The van der Waals surface area contributed by atoms with Gasteiger partial charge in [0, 0.05) is 31.8 Å². The highest BCUT2D eigenvalue weighted by Gasteiger charge is 2.32. The molecule has 0 radical (unpaired) electrons. The van der Waals surface area contributed by atoms with Crippen molar-refractivity contribution in [1.82, 2.24) is 20.4 Å². The maximum atomic E-state index is 12.5. The number of rotatable bonds is 3. The van der Waals surface area contributed by atoms with Crippen LogP contribution in [0, 0.1) is 5.92 Å². The first-order valence-corrected chi connectivity index (χ1v) is 7.72. The van der Waals surface area contributed by atoms with Crippen molar-refractivity contribution in [3.63, 3.8) is 0 Å². The molecule has 2 unspecified atom stereocenters. The highest BCUT2D eigenvalue weighted by Crippen LogP contribution is 2.20. The molecule has 22 heavy (non-hydrogen) atoms. The van der Waals surface area contributed by atoms with Gasteiger partial charge >= 0.3 is 0 Å². The molecule has 118 valence electrons. The SMILES string of the molecule is O=C1CCC(C(=O)N2CCCC(Oc3cccnn3)C2)CN1. The number of hydrogen-bond acceptors (Lipinski definition) is 5. The summed E-state index contributed by atoms with van der Waals surface area (Å²) in [4.78, 5) is 25.6. The van der Waals surface area contributed by atoms with Crippen molar-refractivity contribution in [1.29, 1.82) is 0 Å². The van der Waals surface area contributed by atoms with Crippen LogP contribution in [0.1, 0.15) is 25.7 Å². The normalized spacial score (nSPS) is 25.5. The molecule has 2 atom stereocenters. The summed E-state index contributed by atoms with van der Waals surface area (Å²) in [5.74, 6) is 0.540. The fourth-order valence-electron chi connectivity index (χ4n) is 2.96. The highest BCUT2D eigenvalue weighted by atomic mass is 16.5. The van der Waals surface area contributed by atoms with Crippen molar-refractivity contribution in [2.24, 2.45) is 5.92 Å². The minimum atomic E-state index is -0.104. The van der Waals surface area contributed by atoms with E-state index < -0.39 is 0 Å². The average Bonchev–Trinajstić information content (AvgIpc) is 2.56. The van der Waals surface area contributed by atoms with Crippen molar-refractivity contribution in [3.8, 4) is 5.88 Å². The lowest BCUT2D eigenvalue weighted by Crippen LogP contribution is -2.50. The Bertz CT molecular complexity index is 527. The average molecular weight is 304 g/mol. The first kappa shape index (κ1) is 14.7. The maximum Gasteiger partial charge on any atom is 0.233 e. The molecule has 2 saturated heterocycles. The molecule has 0 spiro atoms. The van der Waals surface area contributed by atoms with Gasteiger partial charge in [0.1, 0.15) is 6.10 Å². The van der Waals surface area contributed by atoms with Crippen LogP contribution in [0.4, 0.5) is 0 Å². The Balaban J connectivity index is 1.56. The van der Waals surface area contributed by atoms with Crippen LogP contribution in [0.5, 0.6) is 5.88 Å². The van der Waals surface area contributed by atoms with E-state index >= 15 is 0 Å². The number of piperidine rings is 2. The van der Waals surface area contributed by atoms with Crippen molar-refractivity contribution < 1.29 is 14.3 Å². The molecule has 2 aliphatic rings. The summed E-state index contributed by atoms with van der Waals surface area (Å²) in [6.45, 7) is 1.77. The van der Waals surface area contributed by atoms with Gasteiger partial charge in [0.15, 0.2) is 0 Å². The van der Waals surface area contributed by atoms with Crippen LogP contribution < -0.4 is 10.1 Å².